The van der Waals surface area contributed by atoms with E-state index in [1.54, 1.807) is 0 Å². The minimum atomic E-state index is -0.543. The Morgan fingerprint density at radius 1 is 1.70 bits per heavy atom. The van der Waals surface area contributed by atoms with E-state index in [9.17, 15) is 10.1 Å². The first kappa shape index (κ1) is 14.9. The number of morpholine rings is 1. The molecule has 110 valence electrons. The molecule has 0 bridgehead atoms. The van der Waals surface area contributed by atoms with Crippen LogP contribution in [0, 0.1) is 10.1 Å². The number of halogens is 1. The molecule has 0 aliphatic carbocycles. The van der Waals surface area contributed by atoms with Crippen LogP contribution in [0.2, 0.25) is 5.28 Å². The molecule has 1 atom stereocenters. The third kappa shape index (κ3) is 3.75. The fraction of sp³-hybridized carbons (Fsp3) is 0.636. The quantitative estimate of drug-likeness (QED) is 0.495. The molecule has 9 heteroatoms. The molecule has 0 spiro atoms. The predicted octanol–water partition coefficient (Wildman–Crippen LogP) is 1.17. The van der Waals surface area contributed by atoms with Crippen LogP contribution in [0.4, 0.5) is 11.5 Å². The number of hydrogen-bond acceptors (Lipinski definition) is 7. The SMILES string of the molecule is CCN1CCOC(CNc2nc(Cl)ncc2[N+](=O)[O-])C1. The first-order valence-electron chi connectivity index (χ1n) is 6.35. The molecule has 0 saturated carbocycles. The van der Waals surface area contributed by atoms with E-state index >= 15 is 0 Å². The Labute approximate surface area is 121 Å². The highest BCUT2D eigenvalue weighted by Crippen LogP contribution is 2.22. The highest BCUT2D eigenvalue weighted by Gasteiger charge is 2.22. The van der Waals surface area contributed by atoms with Crippen LogP contribution in [0.1, 0.15) is 6.92 Å². The summed E-state index contributed by atoms with van der Waals surface area (Å²) < 4.78 is 5.61. The van der Waals surface area contributed by atoms with Crippen LogP contribution in [0.15, 0.2) is 6.20 Å². The van der Waals surface area contributed by atoms with Crippen LogP contribution in [0.5, 0.6) is 0 Å². The highest BCUT2D eigenvalue weighted by molar-refractivity contribution is 6.28. The van der Waals surface area contributed by atoms with E-state index in [2.05, 4.69) is 27.1 Å². The maximum Gasteiger partial charge on any atom is 0.329 e. The predicted molar refractivity (Wildman–Crippen MR) is 74.0 cm³/mol. The number of nitrogens with zero attached hydrogens (tertiary/aromatic N) is 4. The van der Waals surface area contributed by atoms with Gasteiger partial charge in [0.1, 0.15) is 6.20 Å². The number of ether oxygens (including phenoxy) is 1. The molecule has 1 aromatic heterocycles. The second kappa shape index (κ2) is 6.78. The smallest absolute Gasteiger partial charge is 0.329 e. The monoisotopic (exact) mass is 301 g/mol. The maximum absolute atomic E-state index is 10.9. The maximum atomic E-state index is 10.9. The standard InChI is InChI=1S/C11H16ClN5O3/c1-2-16-3-4-20-8(7-16)5-13-10-9(17(18)19)6-14-11(12)15-10/h6,8H,2-5,7H2,1H3,(H,13,14,15). The van der Waals surface area contributed by atoms with Crippen LogP contribution < -0.4 is 5.32 Å². The van der Waals surface area contributed by atoms with Gasteiger partial charge in [0.2, 0.25) is 11.1 Å². The summed E-state index contributed by atoms with van der Waals surface area (Å²) in [5, 5.41) is 13.8. The first-order valence-corrected chi connectivity index (χ1v) is 6.72. The van der Waals surface area contributed by atoms with Crippen LogP contribution in [0.3, 0.4) is 0 Å². The summed E-state index contributed by atoms with van der Waals surface area (Å²) in [6.45, 7) is 5.84. The lowest BCUT2D eigenvalue weighted by atomic mass is 10.2. The van der Waals surface area contributed by atoms with Crippen LogP contribution in [-0.4, -0.2) is 58.7 Å². The third-order valence-corrected chi connectivity index (χ3v) is 3.29. The average Bonchev–Trinajstić information content (AvgIpc) is 2.45. The van der Waals surface area contributed by atoms with Gasteiger partial charge in [0, 0.05) is 19.6 Å². The van der Waals surface area contributed by atoms with Crippen LogP contribution >= 0.6 is 11.6 Å². The number of nitrogens with one attached hydrogen (secondary N) is 1. The largest absolute Gasteiger partial charge is 0.374 e. The van der Waals surface area contributed by atoms with Gasteiger partial charge in [-0.1, -0.05) is 6.92 Å². The van der Waals surface area contributed by atoms with Gasteiger partial charge in [0.25, 0.3) is 0 Å². The molecule has 0 radical (unpaired) electrons. The van der Waals surface area contributed by atoms with Crippen molar-refractivity contribution in [1.29, 1.82) is 0 Å². The molecule has 1 aromatic rings. The molecule has 0 aromatic carbocycles. The molecule has 2 heterocycles. The van der Waals surface area contributed by atoms with Crippen molar-refractivity contribution in [1.82, 2.24) is 14.9 Å². The lowest BCUT2D eigenvalue weighted by Crippen LogP contribution is -2.45. The topological polar surface area (TPSA) is 93.4 Å². The third-order valence-electron chi connectivity index (χ3n) is 3.10. The molecule has 1 aliphatic rings. The number of rotatable bonds is 5. The molecule has 8 nitrogen and oxygen atoms in total. The molecule has 1 aliphatic heterocycles. The van der Waals surface area contributed by atoms with Crippen molar-refractivity contribution in [2.45, 2.75) is 13.0 Å². The zero-order valence-electron chi connectivity index (χ0n) is 11.1. The fourth-order valence-electron chi connectivity index (χ4n) is 2.02. The zero-order valence-corrected chi connectivity index (χ0v) is 11.8. The Morgan fingerprint density at radius 3 is 3.20 bits per heavy atom. The van der Waals surface area contributed by atoms with Crippen molar-refractivity contribution in [3.05, 3.63) is 21.6 Å². The van der Waals surface area contributed by atoms with Crippen molar-refractivity contribution < 1.29 is 9.66 Å². The number of anilines is 1. The Hall–Kier alpha value is -1.51. The molecule has 0 amide bonds. The van der Waals surface area contributed by atoms with Crippen molar-refractivity contribution in [3.8, 4) is 0 Å². The normalized spacial score (nSPS) is 19.8. The Bertz CT molecular complexity index is 487. The summed E-state index contributed by atoms with van der Waals surface area (Å²) in [4.78, 5) is 20.1. The van der Waals surface area contributed by atoms with Gasteiger partial charge in [0.05, 0.1) is 17.6 Å². The minimum absolute atomic E-state index is 0.0298. The number of hydrogen-bond donors (Lipinski definition) is 1. The van der Waals surface area contributed by atoms with Gasteiger partial charge in [-0.3, -0.25) is 15.0 Å². The minimum Gasteiger partial charge on any atom is -0.374 e. The van der Waals surface area contributed by atoms with Crippen LogP contribution in [0.25, 0.3) is 0 Å². The Morgan fingerprint density at radius 2 is 2.50 bits per heavy atom. The Kier molecular flexibility index (Phi) is 5.05. The second-order valence-electron chi connectivity index (χ2n) is 4.40. The second-order valence-corrected chi connectivity index (χ2v) is 4.73. The van der Waals surface area contributed by atoms with Crippen LogP contribution in [-0.2, 0) is 4.74 Å². The van der Waals surface area contributed by atoms with Gasteiger partial charge in [-0.05, 0) is 18.1 Å². The zero-order chi connectivity index (χ0) is 14.5. The van der Waals surface area contributed by atoms with Crippen molar-refractivity contribution in [3.63, 3.8) is 0 Å². The lowest BCUT2D eigenvalue weighted by molar-refractivity contribution is -0.384. The van der Waals surface area contributed by atoms with E-state index in [1.807, 2.05) is 0 Å². The van der Waals surface area contributed by atoms with Gasteiger partial charge >= 0.3 is 5.69 Å². The molecule has 1 saturated heterocycles. The molecule has 1 fully saturated rings. The lowest BCUT2D eigenvalue weighted by Gasteiger charge is -2.32. The van der Waals surface area contributed by atoms with Gasteiger partial charge in [0.15, 0.2) is 0 Å². The number of likely N-dealkylation sites (N-methyl/N-ethyl adjacent to an activating group) is 1. The average molecular weight is 302 g/mol. The fourth-order valence-corrected chi connectivity index (χ4v) is 2.15. The summed E-state index contributed by atoms with van der Waals surface area (Å²) in [7, 11) is 0. The highest BCUT2D eigenvalue weighted by atomic mass is 35.5. The molecule has 1 N–H and O–H groups in total. The van der Waals surface area contributed by atoms with E-state index in [4.69, 9.17) is 16.3 Å². The van der Waals surface area contributed by atoms with Crippen molar-refractivity contribution in [2.75, 3.05) is 38.1 Å². The van der Waals surface area contributed by atoms with E-state index in [-0.39, 0.29) is 22.9 Å². The molecular weight excluding hydrogens is 286 g/mol. The van der Waals surface area contributed by atoms with E-state index in [1.165, 1.54) is 0 Å². The molecule has 20 heavy (non-hydrogen) atoms. The Balaban J connectivity index is 1.99. The van der Waals surface area contributed by atoms with E-state index < -0.39 is 4.92 Å². The van der Waals surface area contributed by atoms with Gasteiger partial charge in [-0.15, -0.1) is 0 Å². The molecule has 1 unspecified atom stereocenters. The van der Waals surface area contributed by atoms with E-state index in [0.717, 1.165) is 25.8 Å². The summed E-state index contributed by atoms with van der Waals surface area (Å²) in [5.74, 6) is 0.118. The van der Waals surface area contributed by atoms with Crippen molar-refractivity contribution >= 4 is 23.1 Å². The molecule has 2 rings (SSSR count). The number of aromatic nitrogens is 2. The first-order chi connectivity index (χ1) is 9.60. The van der Waals surface area contributed by atoms with Gasteiger partial charge in [-0.25, -0.2) is 4.98 Å². The summed E-state index contributed by atoms with van der Waals surface area (Å²) in [6.07, 6.45) is 1.06. The van der Waals surface area contributed by atoms with Gasteiger partial charge < -0.3 is 10.1 Å². The van der Waals surface area contributed by atoms with Gasteiger partial charge in [-0.2, -0.15) is 4.98 Å². The number of nitro groups is 1. The summed E-state index contributed by atoms with van der Waals surface area (Å²) >= 11 is 5.66. The summed E-state index contributed by atoms with van der Waals surface area (Å²) in [5.41, 5.74) is -0.197. The van der Waals surface area contributed by atoms with E-state index in [0.29, 0.717) is 13.2 Å². The summed E-state index contributed by atoms with van der Waals surface area (Å²) in [6, 6.07) is 0. The van der Waals surface area contributed by atoms with Crippen molar-refractivity contribution in [2.24, 2.45) is 0 Å². The molecular formula is C11H16ClN5O3.